The van der Waals surface area contributed by atoms with E-state index in [1.807, 2.05) is 18.1 Å². The zero-order valence-electron chi connectivity index (χ0n) is 13.7. The third kappa shape index (κ3) is 5.59. The molecule has 0 spiro atoms. The van der Waals surface area contributed by atoms with E-state index in [1.54, 1.807) is 12.1 Å². The summed E-state index contributed by atoms with van der Waals surface area (Å²) in [5.41, 5.74) is 0.918. The molecule has 1 atom stereocenters. The maximum atomic E-state index is 12.1. The Hall–Kier alpha value is -1.41. The van der Waals surface area contributed by atoms with Crippen LogP contribution in [0.25, 0.3) is 0 Å². The third-order valence-corrected chi connectivity index (χ3v) is 4.86. The Bertz CT molecular complexity index is 543. The summed E-state index contributed by atoms with van der Waals surface area (Å²) in [6, 6.07) is 5.91. The van der Waals surface area contributed by atoms with Gasteiger partial charge in [-0.05, 0) is 30.9 Å². The molecule has 1 fully saturated rings. The van der Waals surface area contributed by atoms with Crippen LogP contribution in [0.15, 0.2) is 24.3 Å². The molecule has 2 rings (SSSR count). The number of carbonyl (C=O) groups excluding carboxylic acids is 1. The van der Waals surface area contributed by atoms with Crippen LogP contribution in [0.5, 0.6) is 5.75 Å². The van der Waals surface area contributed by atoms with Crippen LogP contribution < -0.4 is 4.74 Å². The average molecular weight is 362 g/mol. The molecule has 4 nitrogen and oxygen atoms in total. The first-order valence-electron chi connectivity index (χ1n) is 7.67. The summed E-state index contributed by atoms with van der Waals surface area (Å²) in [5, 5.41) is -0.0299. The van der Waals surface area contributed by atoms with Gasteiger partial charge in [0.2, 0.25) is 5.91 Å². The molecule has 8 heteroatoms. The quantitative estimate of drug-likeness (QED) is 0.806. The Morgan fingerprint density at radius 2 is 1.79 bits per heavy atom. The van der Waals surface area contributed by atoms with Crippen LogP contribution in [0, 0.1) is 0 Å². The molecule has 1 aliphatic heterocycles. The molecule has 0 N–H and O–H groups in total. The van der Waals surface area contributed by atoms with Crippen LogP contribution in [-0.4, -0.2) is 59.8 Å². The molecule has 1 aromatic carbocycles. The van der Waals surface area contributed by atoms with Gasteiger partial charge in [-0.2, -0.15) is 11.8 Å². The fourth-order valence-corrected chi connectivity index (χ4v) is 2.89. The number of amides is 1. The number of hydrogen-bond donors (Lipinski definition) is 0. The number of carbonyl (C=O) groups is 1. The third-order valence-electron chi connectivity index (χ3n) is 3.95. The Labute approximate surface area is 143 Å². The highest BCUT2D eigenvalue weighted by Gasteiger charge is 2.31. The van der Waals surface area contributed by atoms with Gasteiger partial charge in [0.25, 0.3) is 0 Å². The molecule has 0 saturated carbocycles. The predicted molar refractivity (Wildman–Crippen MR) is 88.0 cm³/mol. The van der Waals surface area contributed by atoms with Gasteiger partial charge in [0.1, 0.15) is 5.75 Å². The van der Waals surface area contributed by atoms with Crippen molar-refractivity contribution in [2.24, 2.45) is 0 Å². The van der Waals surface area contributed by atoms with Crippen molar-refractivity contribution in [3.05, 3.63) is 29.8 Å². The number of alkyl halides is 3. The topological polar surface area (TPSA) is 32.8 Å². The highest BCUT2D eigenvalue weighted by Crippen LogP contribution is 2.23. The second-order valence-electron chi connectivity index (χ2n) is 5.67. The van der Waals surface area contributed by atoms with Crippen molar-refractivity contribution < 1.29 is 22.7 Å². The number of nitrogens with zero attached hydrogens (tertiary/aromatic N) is 2. The van der Waals surface area contributed by atoms with Crippen molar-refractivity contribution in [1.82, 2.24) is 9.80 Å². The summed E-state index contributed by atoms with van der Waals surface area (Å²) in [6.45, 7) is 5.43. The molecular formula is C16H21F3N2O2S. The Morgan fingerprint density at radius 3 is 2.29 bits per heavy atom. The van der Waals surface area contributed by atoms with E-state index in [2.05, 4.69) is 9.64 Å². The summed E-state index contributed by atoms with van der Waals surface area (Å²) in [7, 11) is 0. The van der Waals surface area contributed by atoms with E-state index in [0.717, 1.165) is 18.7 Å². The van der Waals surface area contributed by atoms with Crippen LogP contribution in [0.3, 0.4) is 0 Å². The largest absolute Gasteiger partial charge is 0.573 e. The van der Waals surface area contributed by atoms with Gasteiger partial charge >= 0.3 is 6.36 Å². The summed E-state index contributed by atoms with van der Waals surface area (Å²) in [5.74, 6) is -0.0523. The first-order valence-corrected chi connectivity index (χ1v) is 8.96. The lowest BCUT2D eigenvalue weighted by Crippen LogP contribution is -2.50. The molecule has 1 saturated heterocycles. The molecule has 0 aliphatic carbocycles. The molecule has 24 heavy (non-hydrogen) atoms. The van der Waals surface area contributed by atoms with Gasteiger partial charge in [-0.1, -0.05) is 12.1 Å². The van der Waals surface area contributed by atoms with E-state index in [0.29, 0.717) is 19.6 Å². The van der Waals surface area contributed by atoms with E-state index < -0.39 is 6.36 Å². The molecule has 1 heterocycles. The van der Waals surface area contributed by atoms with Gasteiger partial charge < -0.3 is 9.64 Å². The molecule has 1 aliphatic rings. The highest BCUT2D eigenvalue weighted by atomic mass is 32.2. The number of hydrogen-bond acceptors (Lipinski definition) is 4. The molecule has 134 valence electrons. The van der Waals surface area contributed by atoms with Crippen molar-refractivity contribution in [1.29, 1.82) is 0 Å². The summed E-state index contributed by atoms with van der Waals surface area (Å²) >= 11 is 1.54. The number of rotatable bonds is 5. The molecule has 0 radical (unpaired) electrons. The van der Waals surface area contributed by atoms with E-state index in [9.17, 15) is 18.0 Å². The fraction of sp³-hybridized carbons (Fsp3) is 0.562. The van der Waals surface area contributed by atoms with Gasteiger partial charge in [-0.15, -0.1) is 13.2 Å². The fourth-order valence-electron chi connectivity index (χ4n) is 2.54. The van der Waals surface area contributed by atoms with Crippen LogP contribution in [-0.2, 0) is 11.3 Å². The van der Waals surface area contributed by atoms with Crippen LogP contribution in [0.4, 0.5) is 13.2 Å². The summed E-state index contributed by atoms with van der Waals surface area (Å²) in [6.07, 6.45) is -2.75. The Morgan fingerprint density at radius 1 is 1.21 bits per heavy atom. The lowest BCUT2D eigenvalue weighted by molar-refractivity contribution is -0.274. The lowest BCUT2D eigenvalue weighted by atomic mass is 10.2. The van der Waals surface area contributed by atoms with Gasteiger partial charge in [-0.3, -0.25) is 9.69 Å². The van der Waals surface area contributed by atoms with Crippen molar-refractivity contribution in [3.8, 4) is 5.75 Å². The van der Waals surface area contributed by atoms with Crippen molar-refractivity contribution in [2.75, 3.05) is 32.4 Å². The number of ether oxygens (including phenoxy) is 1. The normalized spacial score (nSPS) is 17.6. The lowest BCUT2D eigenvalue weighted by Gasteiger charge is -2.35. The zero-order valence-corrected chi connectivity index (χ0v) is 14.5. The zero-order chi connectivity index (χ0) is 17.7. The minimum absolute atomic E-state index is 0.0299. The first-order chi connectivity index (χ1) is 11.3. The van der Waals surface area contributed by atoms with Gasteiger partial charge in [-0.25, -0.2) is 0 Å². The van der Waals surface area contributed by atoms with Gasteiger partial charge in [0.05, 0.1) is 5.25 Å². The molecule has 0 aromatic heterocycles. The first kappa shape index (κ1) is 18.9. The summed E-state index contributed by atoms with van der Waals surface area (Å²) < 4.78 is 40.3. The SMILES string of the molecule is CSC(C)C(=O)N1CCN(Cc2ccc(OC(F)(F)F)cc2)CC1. The average Bonchev–Trinajstić information content (AvgIpc) is 2.54. The van der Waals surface area contributed by atoms with E-state index in [4.69, 9.17) is 0 Å². The minimum Gasteiger partial charge on any atom is -0.406 e. The van der Waals surface area contributed by atoms with Crippen molar-refractivity contribution in [3.63, 3.8) is 0 Å². The van der Waals surface area contributed by atoms with E-state index in [1.165, 1.54) is 23.9 Å². The summed E-state index contributed by atoms with van der Waals surface area (Å²) in [4.78, 5) is 16.2. The van der Waals surface area contributed by atoms with Crippen LogP contribution >= 0.6 is 11.8 Å². The number of thioether (sulfide) groups is 1. The number of piperazine rings is 1. The van der Waals surface area contributed by atoms with Gasteiger partial charge in [0, 0.05) is 32.7 Å². The van der Waals surface area contributed by atoms with E-state index in [-0.39, 0.29) is 16.9 Å². The second kappa shape index (κ2) is 8.11. The van der Waals surface area contributed by atoms with Crippen molar-refractivity contribution >= 4 is 17.7 Å². The number of halogens is 3. The van der Waals surface area contributed by atoms with Crippen LogP contribution in [0.2, 0.25) is 0 Å². The molecule has 1 unspecified atom stereocenters. The Balaban J connectivity index is 1.82. The standard InChI is InChI=1S/C16H21F3N2O2S/c1-12(24-2)15(22)21-9-7-20(8-10-21)11-13-3-5-14(6-4-13)23-16(17,18)19/h3-6,12H,7-11H2,1-2H3. The minimum atomic E-state index is -4.67. The second-order valence-corrected chi connectivity index (χ2v) is 6.85. The molecule has 1 aromatic rings. The predicted octanol–water partition coefficient (Wildman–Crippen LogP) is 2.98. The molecular weight excluding hydrogens is 341 g/mol. The van der Waals surface area contributed by atoms with Crippen LogP contribution in [0.1, 0.15) is 12.5 Å². The van der Waals surface area contributed by atoms with Crippen molar-refractivity contribution in [2.45, 2.75) is 25.1 Å². The smallest absolute Gasteiger partial charge is 0.406 e. The highest BCUT2D eigenvalue weighted by molar-refractivity contribution is 7.99. The maximum absolute atomic E-state index is 12.1. The molecule has 0 bridgehead atoms. The van der Waals surface area contributed by atoms with Gasteiger partial charge in [0.15, 0.2) is 0 Å². The molecule has 1 amide bonds. The monoisotopic (exact) mass is 362 g/mol. The van der Waals surface area contributed by atoms with E-state index >= 15 is 0 Å². The number of benzene rings is 1. The maximum Gasteiger partial charge on any atom is 0.573 e. The Kier molecular flexibility index (Phi) is 6.40.